The van der Waals surface area contributed by atoms with Gasteiger partial charge in [-0.2, -0.15) is 4.98 Å². The topological polar surface area (TPSA) is 93.0 Å². The summed E-state index contributed by atoms with van der Waals surface area (Å²) in [5, 5.41) is 3.28. The van der Waals surface area contributed by atoms with Crippen LogP contribution in [-0.2, 0) is 13.0 Å². The van der Waals surface area contributed by atoms with Crippen LogP contribution in [0.2, 0.25) is 0 Å². The zero-order chi connectivity index (χ0) is 18.5. The molecule has 3 rings (SSSR count). The molecule has 7 nitrogen and oxygen atoms in total. The number of unbranched alkanes of at least 4 members (excludes halogenated alkanes) is 2. The van der Waals surface area contributed by atoms with Gasteiger partial charge in [0.1, 0.15) is 5.82 Å². The lowest BCUT2D eigenvalue weighted by molar-refractivity contribution is -0.368. The first kappa shape index (κ1) is 18.3. The van der Waals surface area contributed by atoms with E-state index in [-0.39, 0.29) is 5.69 Å². The van der Waals surface area contributed by atoms with Gasteiger partial charge in [-0.15, -0.1) is 0 Å². The molecule has 0 atom stereocenters. The van der Waals surface area contributed by atoms with Crippen LogP contribution in [-0.4, -0.2) is 36.9 Å². The van der Waals surface area contributed by atoms with E-state index >= 15 is 0 Å². The van der Waals surface area contributed by atoms with Crippen molar-refractivity contribution in [2.45, 2.75) is 32.2 Å². The number of methoxy groups -OCH3 is 2. The molecule has 1 aromatic carbocycles. The van der Waals surface area contributed by atoms with Crippen LogP contribution in [0.25, 0.3) is 11.3 Å². The number of nitrogens with zero attached hydrogens (tertiary/aromatic N) is 2. The number of benzene rings is 1. The molecular weight excluding hydrogens is 332 g/mol. The summed E-state index contributed by atoms with van der Waals surface area (Å²) >= 11 is 0. The number of fused-ring (bicyclic) bond motifs is 3. The molecule has 0 aliphatic carbocycles. The van der Waals surface area contributed by atoms with Crippen molar-refractivity contribution in [2.75, 3.05) is 32.6 Å². The van der Waals surface area contributed by atoms with Crippen LogP contribution in [0.5, 0.6) is 11.5 Å². The van der Waals surface area contributed by atoms with Gasteiger partial charge >= 0.3 is 5.69 Å². The predicted octanol–water partition coefficient (Wildman–Crippen LogP) is 1.31. The molecule has 0 spiro atoms. The Kier molecular flexibility index (Phi) is 5.78. The van der Waals surface area contributed by atoms with E-state index in [1.165, 1.54) is 0 Å². The lowest BCUT2D eigenvalue weighted by Gasteiger charge is -2.23. The van der Waals surface area contributed by atoms with Gasteiger partial charge in [-0.3, -0.25) is 4.57 Å². The molecule has 26 heavy (non-hydrogen) atoms. The highest BCUT2D eigenvalue weighted by Gasteiger charge is 2.21. The first-order valence-corrected chi connectivity index (χ1v) is 9.08. The molecular formula is C19H27N4O3+. The highest BCUT2D eigenvalue weighted by molar-refractivity contribution is 5.71. The zero-order valence-electron chi connectivity index (χ0n) is 15.5. The quantitative estimate of drug-likeness (QED) is 0.693. The van der Waals surface area contributed by atoms with Crippen LogP contribution in [0.3, 0.4) is 0 Å². The predicted molar refractivity (Wildman–Crippen MR) is 101 cm³/mol. The fourth-order valence-corrected chi connectivity index (χ4v) is 3.33. The Hall–Kier alpha value is -2.54. The molecule has 140 valence electrons. The van der Waals surface area contributed by atoms with Crippen molar-refractivity contribution < 1.29 is 15.2 Å². The van der Waals surface area contributed by atoms with Crippen LogP contribution < -0.4 is 26.2 Å². The van der Waals surface area contributed by atoms with E-state index in [1.807, 2.05) is 18.2 Å². The minimum atomic E-state index is -0.219. The van der Waals surface area contributed by atoms with Gasteiger partial charge in [0, 0.05) is 24.7 Å². The summed E-state index contributed by atoms with van der Waals surface area (Å²) in [6.45, 7) is 2.38. The number of rotatable bonds is 8. The normalized spacial score (nSPS) is 12.3. The van der Waals surface area contributed by atoms with Crippen LogP contribution in [0.4, 0.5) is 5.82 Å². The number of hydrogen-bond donors (Lipinski definition) is 2. The van der Waals surface area contributed by atoms with E-state index in [9.17, 15) is 4.79 Å². The summed E-state index contributed by atoms with van der Waals surface area (Å²) in [6.07, 6.45) is 4.05. The summed E-state index contributed by atoms with van der Waals surface area (Å²) < 4.78 is 12.6. The molecule has 0 saturated heterocycles. The third kappa shape index (κ3) is 3.67. The number of ether oxygens (including phenoxy) is 2. The molecule has 0 bridgehead atoms. The van der Waals surface area contributed by atoms with Gasteiger partial charge in [-0.05, 0) is 43.4 Å². The molecule has 1 aliphatic rings. The maximum absolute atomic E-state index is 12.5. The van der Waals surface area contributed by atoms with Gasteiger partial charge in [0.05, 0.1) is 26.5 Å². The molecule has 7 heteroatoms. The van der Waals surface area contributed by atoms with Crippen molar-refractivity contribution in [1.82, 2.24) is 9.55 Å². The first-order chi connectivity index (χ1) is 12.7. The molecule has 1 aromatic heterocycles. The van der Waals surface area contributed by atoms with Crippen molar-refractivity contribution in [3.8, 4) is 22.8 Å². The van der Waals surface area contributed by atoms with Gasteiger partial charge in [-0.25, -0.2) is 4.79 Å². The number of nitrogens with one attached hydrogen (secondary N) is 1. The van der Waals surface area contributed by atoms with Gasteiger partial charge in [0.25, 0.3) is 0 Å². The van der Waals surface area contributed by atoms with Gasteiger partial charge < -0.3 is 20.5 Å². The van der Waals surface area contributed by atoms with E-state index in [1.54, 1.807) is 18.8 Å². The summed E-state index contributed by atoms with van der Waals surface area (Å²) in [7, 11) is 3.25. The molecule has 0 unspecified atom stereocenters. The van der Waals surface area contributed by atoms with Gasteiger partial charge in [-0.1, -0.05) is 0 Å². The van der Waals surface area contributed by atoms with Crippen LogP contribution in [0, 0.1) is 0 Å². The van der Waals surface area contributed by atoms with Crippen molar-refractivity contribution in [1.29, 1.82) is 0 Å². The number of aryl methyl sites for hydroxylation is 1. The molecule has 4 N–H and O–H groups in total. The van der Waals surface area contributed by atoms with E-state index in [0.717, 1.165) is 55.6 Å². The third-order valence-electron chi connectivity index (χ3n) is 4.73. The SMILES string of the molecule is COc1cc2c(cc1OC)-c1cc(NCCCCC[NH3+])nc(=O)n1CC2. The Labute approximate surface area is 153 Å². The summed E-state index contributed by atoms with van der Waals surface area (Å²) in [4.78, 5) is 16.6. The molecule has 0 saturated carbocycles. The van der Waals surface area contributed by atoms with Gasteiger partial charge in [0.2, 0.25) is 0 Å². The highest BCUT2D eigenvalue weighted by Crippen LogP contribution is 2.38. The number of hydrogen-bond acceptors (Lipinski definition) is 5. The molecule has 1 aliphatic heterocycles. The highest BCUT2D eigenvalue weighted by atomic mass is 16.5. The lowest BCUT2D eigenvalue weighted by atomic mass is 9.97. The minimum absolute atomic E-state index is 0.219. The Morgan fingerprint density at radius 1 is 1.15 bits per heavy atom. The third-order valence-corrected chi connectivity index (χ3v) is 4.73. The second kappa shape index (κ2) is 8.23. The van der Waals surface area contributed by atoms with E-state index < -0.39 is 0 Å². The Morgan fingerprint density at radius 2 is 1.92 bits per heavy atom. The van der Waals surface area contributed by atoms with E-state index in [2.05, 4.69) is 16.0 Å². The van der Waals surface area contributed by atoms with Crippen LogP contribution in [0.15, 0.2) is 23.0 Å². The molecule has 2 aromatic rings. The van der Waals surface area contributed by atoms with Crippen molar-refractivity contribution >= 4 is 5.82 Å². The number of aromatic nitrogens is 2. The molecule has 2 heterocycles. The molecule has 0 fully saturated rings. The zero-order valence-corrected chi connectivity index (χ0v) is 15.5. The number of anilines is 1. The Bertz CT molecular complexity index is 832. The van der Waals surface area contributed by atoms with Crippen LogP contribution in [0.1, 0.15) is 24.8 Å². The fraction of sp³-hybridized carbons (Fsp3) is 0.474. The van der Waals surface area contributed by atoms with Crippen molar-refractivity contribution in [2.24, 2.45) is 0 Å². The second-order valence-corrected chi connectivity index (χ2v) is 6.42. The lowest BCUT2D eigenvalue weighted by Crippen LogP contribution is -2.50. The first-order valence-electron chi connectivity index (χ1n) is 9.08. The minimum Gasteiger partial charge on any atom is -0.493 e. The number of quaternary nitrogens is 1. The second-order valence-electron chi connectivity index (χ2n) is 6.42. The van der Waals surface area contributed by atoms with Crippen molar-refractivity contribution in [3.63, 3.8) is 0 Å². The smallest absolute Gasteiger partial charge is 0.349 e. The van der Waals surface area contributed by atoms with Gasteiger partial charge in [0.15, 0.2) is 11.5 Å². The average Bonchev–Trinajstić information content (AvgIpc) is 2.66. The maximum Gasteiger partial charge on any atom is 0.349 e. The molecule has 0 radical (unpaired) electrons. The molecule has 0 amide bonds. The Balaban J connectivity index is 1.91. The fourth-order valence-electron chi connectivity index (χ4n) is 3.33. The van der Waals surface area contributed by atoms with Crippen LogP contribution >= 0.6 is 0 Å². The summed E-state index contributed by atoms with van der Waals surface area (Å²) in [5.74, 6) is 1.99. The van der Waals surface area contributed by atoms with E-state index in [0.29, 0.717) is 23.9 Å². The average molecular weight is 359 g/mol. The monoisotopic (exact) mass is 359 g/mol. The summed E-state index contributed by atoms with van der Waals surface area (Å²) in [6, 6.07) is 5.89. The standard InChI is InChI=1S/C19H26N4O3/c1-25-16-10-13-6-9-23-15(14(13)11-17(16)26-2)12-18(22-19(23)24)21-8-5-3-4-7-20/h10-12H,3-9,20H2,1-2H3,(H,21,22,24)/p+1. The maximum atomic E-state index is 12.5. The van der Waals surface area contributed by atoms with E-state index in [4.69, 9.17) is 9.47 Å². The summed E-state index contributed by atoms with van der Waals surface area (Å²) in [5.41, 5.74) is 6.64. The van der Waals surface area contributed by atoms with Crippen molar-refractivity contribution in [3.05, 3.63) is 34.2 Å². The largest absolute Gasteiger partial charge is 0.493 e. The Morgan fingerprint density at radius 3 is 2.65 bits per heavy atom.